The van der Waals surface area contributed by atoms with E-state index in [-0.39, 0.29) is 30.6 Å². The first kappa shape index (κ1) is 18.7. The zero-order chi connectivity index (χ0) is 15.9. The third-order valence-corrected chi connectivity index (χ3v) is 2.98. The lowest BCUT2D eigenvalue weighted by Crippen LogP contribution is -2.30. The van der Waals surface area contributed by atoms with Gasteiger partial charge in [0.1, 0.15) is 0 Å². The maximum absolute atomic E-state index is 12.1. The number of aromatic amines is 1. The quantitative estimate of drug-likeness (QED) is 0.630. The van der Waals surface area contributed by atoms with Crippen LogP contribution in [0.4, 0.5) is 5.69 Å². The fourth-order valence-electron chi connectivity index (χ4n) is 1.99. The summed E-state index contributed by atoms with van der Waals surface area (Å²) in [7, 11) is 0. The molecule has 2 aromatic rings. The minimum atomic E-state index is -0.267. The number of amides is 2. The van der Waals surface area contributed by atoms with Crippen LogP contribution in [-0.4, -0.2) is 35.1 Å². The molecule has 0 aliphatic heterocycles. The molecule has 1 heterocycles. The number of rotatable bonds is 6. The van der Waals surface area contributed by atoms with Crippen molar-refractivity contribution in [1.82, 2.24) is 15.5 Å². The number of benzene rings is 1. The number of H-pyrrole nitrogens is 1. The van der Waals surface area contributed by atoms with Crippen LogP contribution in [0.15, 0.2) is 30.3 Å². The normalized spacial score (nSPS) is 9.83. The SMILES string of the molecule is Cc1cc(CC(=O)Nc2ccccc2C(=O)NCCN)n[nH]1.Cl. The Hall–Kier alpha value is -2.38. The van der Waals surface area contributed by atoms with Crippen molar-refractivity contribution in [3.8, 4) is 0 Å². The number of halogens is 1. The number of nitrogens with one attached hydrogen (secondary N) is 3. The molecule has 0 aliphatic rings. The van der Waals surface area contributed by atoms with Gasteiger partial charge in [0.25, 0.3) is 5.91 Å². The maximum atomic E-state index is 12.1. The maximum Gasteiger partial charge on any atom is 0.253 e. The van der Waals surface area contributed by atoms with Crippen molar-refractivity contribution in [2.45, 2.75) is 13.3 Å². The van der Waals surface area contributed by atoms with Crippen LogP contribution >= 0.6 is 12.4 Å². The average Bonchev–Trinajstić information content (AvgIpc) is 2.90. The molecule has 0 saturated carbocycles. The Morgan fingerprint density at radius 1 is 1.30 bits per heavy atom. The summed E-state index contributed by atoms with van der Waals surface area (Å²) in [5.74, 6) is -0.498. The first-order chi connectivity index (χ1) is 10.6. The molecule has 5 N–H and O–H groups in total. The summed E-state index contributed by atoms with van der Waals surface area (Å²) in [5, 5.41) is 12.2. The van der Waals surface area contributed by atoms with Crippen LogP contribution in [0.25, 0.3) is 0 Å². The number of anilines is 1. The second-order valence-electron chi connectivity index (χ2n) is 4.86. The molecular weight excluding hydrogens is 318 g/mol. The van der Waals surface area contributed by atoms with E-state index >= 15 is 0 Å². The lowest BCUT2D eigenvalue weighted by atomic mass is 10.1. The molecule has 0 atom stereocenters. The van der Waals surface area contributed by atoms with Crippen molar-refractivity contribution in [2.24, 2.45) is 5.73 Å². The lowest BCUT2D eigenvalue weighted by molar-refractivity contribution is -0.115. The molecule has 23 heavy (non-hydrogen) atoms. The standard InChI is InChI=1S/C15H19N5O2.ClH/c1-10-8-11(20-19-10)9-14(21)18-13-5-3-2-4-12(13)15(22)17-7-6-16;/h2-5,8H,6-7,9,16H2,1H3,(H,17,22)(H,18,21)(H,19,20);1H. The third-order valence-electron chi connectivity index (χ3n) is 2.98. The van der Waals surface area contributed by atoms with Crippen LogP contribution < -0.4 is 16.4 Å². The molecule has 8 heteroatoms. The number of carbonyl (C=O) groups excluding carboxylic acids is 2. The molecule has 0 aliphatic carbocycles. The average molecular weight is 338 g/mol. The van der Waals surface area contributed by atoms with Crippen LogP contribution in [0.3, 0.4) is 0 Å². The first-order valence-electron chi connectivity index (χ1n) is 6.98. The smallest absolute Gasteiger partial charge is 0.253 e. The molecule has 1 aromatic carbocycles. The van der Waals surface area contributed by atoms with Crippen molar-refractivity contribution < 1.29 is 9.59 Å². The van der Waals surface area contributed by atoms with Crippen molar-refractivity contribution in [1.29, 1.82) is 0 Å². The zero-order valence-corrected chi connectivity index (χ0v) is 13.6. The fourth-order valence-corrected chi connectivity index (χ4v) is 1.99. The fraction of sp³-hybridized carbons (Fsp3) is 0.267. The summed E-state index contributed by atoms with van der Waals surface area (Å²) < 4.78 is 0. The Kier molecular flexibility index (Phi) is 7.24. The molecule has 0 bridgehead atoms. The lowest BCUT2D eigenvalue weighted by Gasteiger charge is -2.10. The topological polar surface area (TPSA) is 113 Å². The molecule has 0 unspecified atom stereocenters. The van der Waals surface area contributed by atoms with Gasteiger partial charge in [0, 0.05) is 18.8 Å². The van der Waals surface area contributed by atoms with Crippen molar-refractivity contribution >= 4 is 29.9 Å². The van der Waals surface area contributed by atoms with E-state index in [1.54, 1.807) is 30.3 Å². The van der Waals surface area contributed by atoms with Crippen molar-refractivity contribution in [3.63, 3.8) is 0 Å². The van der Waals surface area contributed by atoms with Gasteiger partial charge in [-0.05, 0) is 25.1 Å². The molecule has 7 nitrogen and oxygen atoms in total. The highest BCUT2D eigenvalue weighted by atomic mass is 35.5. The van der Waals surface area contributed by atoms with Crippen LogP contribution in [0, 0.1) is 6.92 Å². The summed E-state index contributed by atoms with van der Waals surface area (Å²) >= 11 is 0. The Morgan fingerprint density at radius 2 is 2.04 bits per heavy atom. The number of hydrogen-bond donors (Lipinski definition) is 4. The van der Waals surface area contributed by atoms with E-state index in [0.29, 0.717) is 30.0 Å². The van der Waals surface area contributed by atoms with Gasteiger partial charge in [0.15, 0.2) is 0 Å². The molecule has 124 valence electrons. The number of aryl methyl sites for hydroxylation is 1. The molecule has 1 aromatic heterocycles. The van der Waals surface area contributed by atoms with Crippen LogP contribution in [-0.2, 0) is 11.2 Å². The minimum absolute atomic E-state index is 0. The first-order valence-corrected chi connectivity index (χ1v) is 6.98. The number of nitrogens with two attached hydrogens (primary N) is 1. The van der Waals surface area contributed by atoms with Crippen LogP contribution in [0.1, 0.15) is 21.7 Å². The molecule has 2 rings (SSSR count). The Morgan fingerprint density at radius 3 is 2.70 bits per heavy atom. The number of para-hydroxylation sites is 1. The Labute approximate surface area is 140 Å². The molecule has 2 amide bonds. The minimum Gasteiger partial charge on any atom is -0.351 e. The van der Waals surface area contributed by atoms with Crippen molar-refractivity contribution in [3.05, 3.63) is 47.3 Å². The molecular formula is C15H20ClN5O2. The summed E-state index contributed by atoms with van der Waals surface area (Å²) in [5.41, 5.74) is 7.79. The monoisotopic (exact) mass is 337 g/mol. The summed E-state index contributed by atoms with van der Waals surface area (Å²) in [4.78, 5) is 24.1. The van der Waals surface area contributed by atoms with Gasteiger partial charge in [0.2, 0.25) is 5.91 Å². The van der Waals surface area contributed by atoms with Gasteiger partial charge in [-0.25, -0.2) is 0 Å². The predicted molar refractivity (Wildman–Crippen MR) is 90.7 cm³/mol. The van der Waals surface area contributed by atoms with Gasteiger partial charge < -0.3 is 16.4 Å². The van der Waals surface area contributed by atoms with Gasteiger partial charge in [0.05, 0.1) is 23.4 Å². The number of hydrogen-bond acceptors (Lipinski definition) is 4. The highest BCUT2D eigenvalue weighted by Gasteiger charge is 2.13. The molecule has 0 spiro atoms. The number of aromatic nitrogens is 2. The number of nitrogens with zero attached hydrogens (tertiary/aromatic N) is 1. The van der Waals surface area contributed by atoms with E-state index in [1.165, 1.54) is 0 Å². The Balaban J connectivity index is 0.00000264. The molecule has 0 radical (unpaired) electrons. The molecule has 0 fully saturated rings. The second kappa shape index (κ2) is 8.92. The van der Waals surface area contributed by atoms with E-state index < -0.39 is 0 Å². The Bertz CT molecular complexity index is 671. The largest absolute Gasteiger partial charge is 0.351 e. The second-order valence-corrected chi connectivity index (χ2v) is 4.86. The zero-order valence-electron chi connectivity index (χ0n) is 12.8. The van der Waals surface area contributed by atoms with E-state index in [4.69, 9.17) is 5.73 Å². The number of carbonyl (C=O) groups is 2. The van der Waals surface area contributed by atoms with E-state index in [1.807, 2.05) is 6.92 Å². The molecule has 0 saturated heterocycles. The van der Waals surface area contributed by atoms with E-state index in [2.05, 4.69) is 20.8 Å². The third kappa shape index (κ3) is 5.39. The van der Waals surface area contributed by atoms with Gasteiger partial charge >= 0.3 is 0 Å². The highest BCUT2D eigenvalue weighted by molar-refractivity contribution is 6.04. The van der Waals surface area contributed by atoms with Crippen LogP contribution in [0.5, 0.6) is 0 Å². The highest BCUT2D eigenvalue weighted by Crippen LogP contribution is 2.15. The van der Waals surface area contributed by atoms with E-state index in [0.717, 1.165) is 5.69 Å². The van der Waals surface area contributed by atoms with Gasteiger partial charge in [-0.3, -0.25) is 14.7 Å². The van der Waals surface area contributed by atoms with Gasteiger partial charge in [-0.1, -0.05) is 12.1 Å². The van der Waals surface area contributed by atoms with Gasteiger partial charge in [-0.2, -0.15) is 5.10 Å². The van der Waals surface area contributed by atoms with E-state index in [9.17, 15) is 9.59 Å². The summed E-state index contributed by atoms with van der Waals surface area (Å²) in [6.07, 6.45) is 0.142. The summed E-state index contributed by atoms with van der Waals surface area (Å²) in [6, 6.07) is 8.64. The summed E-state index contributed by atoms with van der Waals surface area (Å²) in [6.45, 7) is 2.61. The predicted octanol–water partition coefficient (Wildman–Crippen LogP) is 1.01. The van der Waals surface area contributed by atoms with Crippen molar-refractivity contribution in [2.75, 3.05) is 18.4 Å². The van der Waals surface area contributed by atoms with Crippen LogP contribution in [0.2, 0.25) is 0 Å². The van der Waals surface area contributed by atoms with Gasteiger partial charge in [-0.15, -0.1) is 12.4 Å².